The highest BCUT2D eigenvalue weighted by molar-refractivity contribution is 7.91. The number of hydrogen-bond acceptors (Lipinski definition) is 6. The molecule has 1 heterocycles. The molecule has 0 unspecified atom stereocenters. The molecular weight excluding hydrogens is 446 g/mol. The maximum atomic E-state index is 12.5. The van der Waals surface area contributed by atoms with Gasteiger partial charge < -0.3 is 10.1 Å². The fraction of sp³-hybridized carbons (Fsp3) is 0.250. The van der Waals surface area contributed by atoms with Crippen LogP contribution in [0.25, 0.3) is 10.4 Å². The molecule has 1 amide bonds. The molecule has 6 nitrogen and oxygen atoms in total. The lowest BCUT2D eigenvalue weighted by atomic mass is 10.2. The number of rotatable bonds is 9. The van der Waals surface area contributed by atoms with E-state index in [0.717, 1.165) is 16.0 Å². The first-order valence-electron chi connectivity index (χ1n) is 10.3. The van der Waals surface area contributed by atoms with E-state index in [4.69, 9.17) is 4.74 Å². The third-order valence-corrected chi connectivity index (χ3v) is 7.70. The summed E-state index contributed by atoms with van der Waals surface area (Å²) in [7, 11) is -3.46. The van der Waals surface area contributed by atoms with Crippen molar-refractivity contribution in [2.75, 3.05) is 17.7 Å². The van der Waals surface area contributed by atoms with Crippen molar-refractivity contribution < 1.29 is 22.7 Å². The second kappa shape index (κ2) is 10.6. The van der Waals surface area contributed by atoms with Gasteiger partial charge in [-0.1, -0.05) is 48.0 Å². The van der Waals surface area contributed by atoms with E-state index < -0.39 is 15.8 Å². The van der Waals surface area contributed by atoms with Crippen molar-refractivity contribution >= 4 is 38.7 Å². The van der Waals surface area contributed by atoms with E-state index in [1.807, 2.05) is 37.3 Å². The highest BCUT2D eigenvalue weighted by Gasteiger charge is 2.20. The highest BCUT2D eigenvalue weighted by atomic mass is 32.2. The highest BCUT2D eigenvalue weighted by Crippen LogP contribution is 2.35. The number of aryl methyl sites for hydroxylation is 1. The molecule has 3 aromatic rings. The zero-order valence-electron chi connectivity index (χ0n) is 18.0. The predicted octanol–water partition coefficient (Wildman–Crippen LogP) is 5.09. The molecule has 3 rings (SSSR count). The molecule has 2 aromatic carbocycles. The van der Waals surface area contributed by atoms with Crippen LogP contribution in [-0.4, -0.2) is 32.7 Å². The van der Waals surface area contributed by atoms with Gasteiger partial charge in [-0.3, -0.25) is 4.79 Å². The van der Waals surface area contributed by atoms with Crippen molar-refractivity contribution in [3.05, 3.63) is 71.1 Å². The van der Waals surface area contributed by atoms with Gasteiger partial charge in [-0.25, -0.2) is 13.2 Å². The van der Waals surface area contributed by atoms with Crippen LogP contribution in [0.4, 0.5) is 5.69 Å². The minimum atomic E-state index is -3.46. The Morgan fingerprint density at radius 3 is 2.38 bits per heavy atom. The van der Waals surface area contributed by atoms with Crippen LogP contribution < -0.4 is 5.32 Å². The molecule has 8 heteroatoms. The molecule has 0 atom stereocenters. The topological polar surface area (TPSA) is 89.5 Å². The standard InChI is InChI=1S/C24H25NO5S2/c1-3-30-24(27)23-20(16-21(31-23)18-8-5-4-6-9-18)25-22(26)10-7-15-32(28,29)19-13-11-17(2)12-14-19/h4-6,8-9,11-14,16H,3,7,10,15H2,1-2H3,(H,25,26). The third kappa shape index (κ3) is 6.05. The van der Waals surface area contributed by atoms with Gasteiger partial charge in [0.1, 0.15) is 4.88 Å². The summed E-state index contributed by atoms with van der Waals surface area (Å²) in [5.41, 5.74) is 2.28. The predicted molar refractivity (Wildman–Crippen MR) is 127 cm³/mol. The molecule has 1 N–H and O–H groups in total. The first-order chi connectivity index (χ1) is 15.3. The summed E-state index contributed by atoms with van der Waals surface area (Å²) >= 11 is 1.24. The van der Waals surface area contributed by atoms with E-state index in [-0.39, 0.29) is 36.0 Å². The lowest BCUT2D eigenvalue weighted by molar-refractivity contribution is -0.116. The van der Waals surface area contributed by atoms with Gasteiger partial charge in [0.25, 0.3) is 0 Å². The van der Waals surface area contributed by atoms with Crippen LogP contribution in [0, 0.1) is 6.92 Å². The molecule has 0 saturated heterocycles. The number of hydrogen-bond donors (Lipinski definition) is 1. The van der Waals surface area contributed by atoms with Gasteiger partial charge in [0.05, 0.1) is 22.9 Å². The molecule has 32 heavy (non-hydrogen) atoms. The van der Waals surface area contributed by atoms with E-state index >= 15 is 0 Å². The van der Waals surface area contributed by atoms with E-state index in [1.165, 1.54) is 11.3 Å². The zero-order valence-corrected chi connectivity index (χ0v) is 19.6. The van der Waals surface area contributed by atoms with Gasteiger partial charge >= 0.3 is 5.97 Å². The van der Waals surface area contributed by atoms with Crippen LogP contribution in [0.15, 0.2) is 65.6 Å². The molecule has 0 radical (unpaired) electrons. The van der Waals surface area contributed by atoms with E-state index in [0.29, 0.717) is 10.6 Å². The fourth-order valence-electron chi connectivity index (χ4n) is 3.08. The minimum Gasteiger partial charge on any atom is -0.462 e. The van der Waals surface area contributed by atoms with Crippen molar-refractivity contribution in [2.24, 2.45) is 0 Å². The normalized spacial score (nSPS) is 11.2. The minimum absolute atomic E-state index is 0.0177. The van der Waals surface area contributed by atoms with Crippen molar-refractivity contribution in [2.45, 2.75) is 31.6 Å². The number of thiophene rings is 1. The first kappa shape index (κ1) is 23.7. The number of sulfone groups is 1. The Morgan fingerprint density at radius 1 is 1.03 bits per heavy atom. The number of amides is 1. The molecule has 168 valence electrons. The van der Waals surface area contributed by atoms with Gasteiger partial charge in [-0.2, -0.15) is 0 Å². The summed E-state index contributed by atoms with van der Waals surface area (Å²) in [6.07, 6.45) is 0.191. The average molecular weight is 472 g/mol. The van der Waals surface area contributed by atoms with Crippen LogP contribution in [0.5, 0.6) is 0 Å². The van der Waals surface area contributed by atoms with Crippen molar-refractivity contribution in [1.29, 1.82) is 0 Å². The smallest absolute Gasteiger partial charge is 0.350 e. The number of ether oxygens (including phenoxy) is 1. The molecular formula is C24H25NO5S2. The summed E-state index contributed by atoms with van der Waals surface area (Å²) in [5.74, 6) is -0.989. The van der Waals surface area contributed by atoms with Gasteiger partial charge in [-0.05, 0) is 44.0 Å². The number of carbonyl (C=O) groups excluding carboxylic acids is 2. The Hall–Kier alpha value is -2.97. The number of benzene rings is 2. The Bertz CT molecular complexity index is 1180. The molecule has 0 bridgehead atoms. The summed E-state index contributed by atoms with van der Waals surface area (Å²) in [6, 6.07) is 17.9. The Balaban J connectivity index is 1.67. The summed E-state index contributed by atoms with van der Waals surface area (Å²) in [6.45, 7) is 3.83. The lowest BCUT2D eigenvalue weighted by Gasteiger charge is -2.07. The second-order valence-corrected chi connectivity index (χ2v) is 10.4. The Morgan fingerprint density at radius 2 is 1.72 bits per heavy atom. The van der Waals surface area contributed by atoms with Crippen LogP contribution >= 0.6 is 11.3 Å². The zero-order chi connectivity index (χ0) is 23.1. The molecule has 0 aliphatic rings. The van der Waals surface area contributed by atoms with Gasteiger partial charge in [0, 0.05) is 11.3 Å². The van der Waals surface area contributed by atoms with Crippen LogP contribution in [0.2, 0.25) is 0 Å². The van der Waals surface area contributed by atoms with Crippen molar-refractivity contribution in [3.8, 4) is 10.4 Å². The number of anilines is 1. The van der Waals surface area contributed by atoms with Crippen LogP contribution in [0.3, 0.4) is 0 Å². The van der Waals surface area contributed by atoms with Gasteiger partial charge in [0.2, 0.25) is 5.91 Å². The first-order valence-corrected chi connectivity index (χ1v) is 12.7. The van der Waals surface area contributed by atoms with Crippen LogP contribution in [0.1, 0.15) is 35.0 Å². The maximum absolute atomic E-state index is 12.5. The lowest BCUT2D eigenvalue weighted by Crippen LogP contribution is -2.16. The van der Waals surface area contributed by atoms with E-state index in [2.05, 4.69) is 5.32 Å². The summed E-state index contributed by atoms with van der Waals surface area (Å²) in [4.78, 5) is 26.3. The molecule has 0 fully saturated rings. The third-order valence-electron chi connectivity index (χ3n) is 4.72. The van der Waals surface area contributed by atoms with Crippen molar-refractivity contribution in [1.82, 2.24) is 0 Å². The molecule has 1 aromatic heterocycles. The molecule has 0 aliphatic heterocycles. The summed E-state index contributed by atoms with van der Waals surface area (Å²) in [5, 5.41) is 2.75. The summed E-state index contributed by atoms with van der Waals surface area (Å²) < 4.78 is 30.1. The number of esters is 1. The fourth-order valence-corrected chi connectivity index (χ4v) is 5.40. The SMILES string of the molecule is CCOC(=O)c1sc(-c2ccccc2)cc1NC(=O)CCCS(=O)(=O)c1ccc(C)cc1. The molecule has 0 saturated carbocycles. The van der Waals surface area contributed by atoms with E-state index in [9.17, 15) is 18.0 Å². The second-order valence-electron chi connectivity index (χ2n) is 7.22. The van der Waals surface area contributed by atoms with Gasteiger partial charge in [-0.15, -0.1) is 11.3 Å². The Labute approximate surface area is 192 Å². The number of carbonyl (C=O) groups is 2. The Kier molecular flexibility index (Phi) is 7.82. The van der Waals surface area contributed by atoms with Crippen LogP contribution in [-0.2, 0) is 19.4 Å². The monoisotopic (exact) mass is 471 g/mol. The maximum Gasteiger partial charge on any atom is 0.350 e. The molecule has 0 aliphatic carbocycles. The van der Waals surface area contributed by atoms with Crippen molar-refractivity contribution in [3.63, 3.8) is 0 Å². The average Bonchev–Trinajstić information content (AvgIpc) is 3.18. The number of nitrogens with one attached hydrogen (secondary N) is 1. The van der Waals surface area contributed by atoms with Gasteiger partial charge in [0.15, 0.2) is 9.84 Å². The quantitative estimate of drug-likeness (QED) is 0.439. The largest absolute Gasteiger partial charge is 0.462 e. The molecule has 0 spiro atoms. The van der Waals surface area contributed by atoms with E-state index in [1.54, 1.807) is 37.3 Å².